The molecule has 0 aliphatic carbocycles. The SMILES string of the molecule is Nc1nc2cc(-c3ccc4ncc(C(O)N5CCn6cncc6C5)n4c3)ccc2o1. The van der Waals surface area contributed by atoms with Crippen LogP contribution in [0.3, 0.4) is 0 Å². The molecule has 0 radical (unpaired) electrons. The van der Waals surface area contributed by atoms with Gasteiger partial charge in [-0.05, 0) is 35.4 Å². The normalized spacial score (nSPS) is 15.6. The number of anilines is 1. The Hall–Kier alpha value is -3.69. The Morgan fingerprint density at radius 2 is 2.00 bits per heavy atom. The molecule has 1 aromatic carbocycles. The fourth-order valence-electron chi connectivity index (χ4n) is 4.09. The summed E-state index contributed by atoms with van der Waals surface area (Å²) < 4.78 is 9.41. The molecular weight excluding hydrogens is 382 g/mol. The summed E-state index contributed by atoms with van der Waals surface area (Å²) in [5.74, 6) is 0. The maximum absolute atomic E-state index is 11.1. The average molecular weight is 401 g/mol. The highest BCUT2D eigenvalue weighted by molar-refractivity contribution is 5.81. The number of aliphatic hydroxyl groups excluding tert-OH is 1. The number of aliphatic hydroxyl groups is 1. The van der Waals surface area contributed by atoms with Crippen molar-refractivity contribution in [2.24, 2.45) is 0 Å². The Kier molecular flexibility index (Phi) is 3.67. The van der Waals surface area contributed by atoms with Crippen LogP contribution in [0, 0.1) is 0 Å². The van der Waals surface area contributed by atoms with E-state index in [0.29, 0.717) is 17.6 Å². The van der Waals surface area contributed by atoms with Crippen LogP contribution in [-0.2, 0) is 13.1 Å². The summed E-state index contributed by atoms with van der Waals surface area (Å²) in [4.78, 5) is 14.9. The molecule has 4 aromatic heterocycles. The van der Waals surface area contributed by atoms with Gasteiger partial charge in [-0.15, -0.1) is 0 Å². The van der Waals surface area contributed by atoms with E-state index in [-0.39, 0.29) is 6.01 Å². The van der Waals surface area contributed by atoms with Crippen LogP contribution in [-0.4, -0.2) is 40.5 Å². The van der Waals surface area contributed by atoms with Crippen molar-refractivity contribution in [1.82, 2.24) is 28.8 Å². The van der Waals surface area contributed by atoms with Gasteiger partial charge in [-0.1, -0.05) is 6.07 Å². The van der Waals surface area contributed by atoms with Gasteiger partial charge in [0.05, 0.1) is 23.9 Å². The van der Waals surface area contributed by atoms with E-state index < -0.39 is 6.23 Å². The second kappa shape index (κ2) is 6.41. The molecule has 5 heterocycles. The van der Waals surface area contributed by atoms with E-state index in [0.717, 1.165) is 41.3 Å². The van der Waals surface area contributed by atoms with E-state index in [1.807, 2.05) is 58.4 Å². The van der Waals surface area contributed by atoms with Gasteiger partial charge < -0.3 is 19.8 Å². The van der Waals surface area contributed by atoms with Crippen LogP contribution < -0.4 is 5.73 Å². The Morgan fingerprint density at radius 3 is 2.93 bits per heavy atom. The van der Waals surface area contributed by atoms with Crippen molar-refractivity contribution < 1.29 is 9.52 Å². The number of benzene rings is 1. The number of pyridine rings is 1. The number of nitrogens with zero attached hydrogens (tertiary/aromatic N) is 6. The van der Waals surface area contributed by atoms with Crippen LogP contribution in [0.2, 0.25) is 0 Å². The lowest BCUT2D eigenvalue weighted by atomic mass is 10.1. The lowest BCUT2D eigenvalue weighted by Crippen LogP contribution is -2.36. The Balaban J connectivity index is 1.37. The zero-order valence-corrected chi connectivity index (χ0v) is 16.0. The molecule has 0 amide bonds. The van der Waals surface area contributed by atoms with Crippen LogP contribution >= 0.6 is 0 Å². The molecule has 9 heteroatoms. The second-order valence-corrected chi connectivity index (χ2v) is 7.49. The van der Waals surface area contributed by atoms with Crippen LogP contribution in [0.4, 0.5) is 6.01 Å². The minimum Gasteiger partial charge on any atom is -0.424 e. The van der Waals surface area contributed by atoms with Crippen molar-refractivity contribution in [2.75, 3.05) is 12.3 Å². The molecule has 9 nitrogen and oxygen atoms in total. The summed E-state index contributed by atoms with van der Waals surface area (Å²) in [5.41, 5.74) is 11.6. The number of imidazole rings is 2. The predicted molar refractivity (Wildman–Crippen MR) is 110 cm³/mol. The Labute approximate surface area is 171 Å². The minimum atomic E-state index is -0.767. The van der Waals surface area contributed by atoms with Gasteiger partial charge in [0, 0.05) is 32.0 Å². The molecular formula is C21H19N7O2. The fourth-order valence-corrected chi connectivity index (χ4v) is 4.09. The first-order chi connectivity index (χ1) is 14.7. The molecule has 0 spiro atoms. The molecule has 1 aliphatic heterocycles. The average Bonchev–Trinajstić information content (AvgIpc) is 3.48. The van der Waals surface area contributed by atoms with E-state index in [1.54, 1.807) is 6.20 Å². The highest BCUT2D eigenvalue weighted by atomic mass is 16.4. The van der Waals surface area contributed by atoms with Gasteiger partial charge in [0.25, 0.3) is 6.01 Å². The van der Waals surface area contributed by atoms with Crippen molar-refractivity contribution in [2.45, 2.75) is 19.3 Å². The van der Waals surface area contributed by atoms with Crippen molar-refractivity contribution in [1.29, 1.82) is 0 Å². The van der Waals surface area contributed by atoms with Crippen LogP contribution in [0.1, 0.15) is 17.6 Å². The van der Waals surface area contributed by atoms with Gasteiger partial charge >= 0.3 is 0 Å². The maximum atomic E-state index is 11.1. The number of hydrogen-bond donors (Lipinski definition) is 2. The Bertz CT molecular complexity index is 1380. The van der Waals surface area contributed by atoms with Crippen molar-refractivity contribution >= 4 is 22.8 Å². The molecule has 3 N–H and O–H groups in total. The number of nitrogens with two attached hydrogens (primary N) is 1. The lowest BCUT2D eigenvalue weighted by molar-refractivity contribution is -0.0190. The van der Waals surface area contributed by atoms with E-state index >= 15 is 0 Å². The van der Waals surface area contributed by atoms with Crippen LogP contribution in [0.25, 0.3) is 27.9 Å². The number of fused-ring (bicyclic) bond motifs is 3. The summed E-state index contributed by atoms with van der Waals surface area (Å²) in [6.45, 7) is 2.18. The molecule has 150 valence electrons. The molecule has 1 atom stereocenters. The van der Waals surface area contributed by atoms with Crippen LogP contribution in [0.5, 0.6) is 0 Å². The first kappa shape index (κ1) is 17.2. The molecule has 0 saturated carbocycles. The van der Waals surface area contributed by atoms with E-state index in [4.69, 9.17) is 10.2 Å². The second-order valence-electron chi connectivity index (χ2n) is 7.49. The van der Waals surface area contributed by atoms with Gasteiger partial charge in [-0.25, -0.2) is 9.97 Å². The summed E-state index contributed by atoms with van der Waals surface area (Å²) in [6.07, 6.45) is 6.63. The molecule has 1 unspecified atom stereocenters. The molecule has 0 saturated heterocycles. The zero-order valence-electron chi connectivity index (χ0n) is 16.0. The highest BCUT2D eigenvalue weighted by Crippen LogP contribution is 2.28. The van der Waals surface area contributed by atoms with Gasteiger partial charge in [0.1, 0.15) is 11.2 Å². The monoisotopic (exact) mass is 401 g/mol. The number of aromatic nitrogens is 5. The summed E-state index contributed by atoms with van der Waals surface area (Å²) in [7, 11) is 0. The topological polar surface area (TPSA) is 111 Å². The zero-order chi connectivity index (χ0) is 20.2. The summed E-state index contributed by atoms with van der Waals surface area (Å²) in [5, 5.41) is 11.1. The van der Waals surface area contributed by atoms with Gasteiger partial charge in [-0.3, -0.25) is 9.30 Å². The fraction of sp³-hybridized carbons (Fsp3) is 0.190. The quantitative estimate of drug-likeness (QED) is 0.478. The number of rotatable bonds is 3. The van der Waals surface area contributed by atoms with E-state index in [1.165, 1.54) is 0 Å². The van der Waals surface area contributed by atoms with Crippen LogP contribution in [0.15, 0.2) is 59.7 Å². The molecule has 0 fully saturated rings. The number of hydrogen-bond acceptors (Lipinski definition) is 7. The minimum absolute atomic E-state index is 0.153. The summed E-state index contributed by atoms with van der Waals surface area (Å²) in [6, 6.07) is 9.86. The van der Waals surface area contributed by atoms with Crippen molar-refractivity contribution in [3.8, 4) is 11.1 Å². The van der Waals surface area contributed by atoms with Crippen molar-refractivity contribution in [3.63, 3.8) is 0 Å². The predicted octanol–water partition coefficient (Wildman–Crippen LogP) is 2.43. The third-order valence-corrected chi connectivity index (χ3v) is 5.67. The first-order valence-electron chi connectivity index (χ1n) is 9.70. The highest BCUT2D eigenvalue weighted by Gasteiger charge is 2.25. The third kappa shape index (κ3) is 2.67. The van der Waals surface area contributed by atoms with Crippen molar-refractivity contribution in [3.05, 3.63) is 66.6 Å². The Morgan fingerprint density at radius 1 is 1.10 bits per heavy atom. The largest absolute Gasteiger partial charge is 0.424 e. The number of nitrogen functional groups attached to an aromatic ring is 1. The smallest absolute Gasteiger partial charge is 0.292 e. The molecule has 5 aromatic rings. The standard InChI is InChI=1S/C21H19N7O2/c22-21-25-16-7-13(1-3-18(16)30-21)14-2-4-19-24-9-17(28(19)10-14)20(29)26-5-6-27-12-23-8-15(27)11-26/h1-4,7-10,12,20,29H,5-6,11H2,(H2,22,25). The van der Waals surface area contributed by atoms with Gasteiger partial charge in [-0.2, -0.15) is 4.98 Å². The number of oxazole rings is 1. The lowest BCUT2D eigenvalue weighted by Gasteiger charge is -2.31. The third-order valence-electron chi connectivity index (χ3n) is 5.67. The molecule has 6 rings (SSSR count). The van der Waals surface area contributed by atoms with Gasteiger partial charge in [0.2, 0.25) is 0 Å². The van der Waals surface area contributed by atoms with E-state index in [2.05, 4.69) is 19.5 Å². The molecule has 0 bridgehead atoms. The molecule has 30 heavy (non-hydrogen) atoms. The molecule has 1 aliphatic rings. The maximum Gasteiger partial charge on any atom is 0.292 e. The van der Waals surface area contributed by atoms with Gasteiger partial charge in [0.15, 0.2) is 11.8 Å². The summed E-state index contributed by atoms with van der Waals surface area (Å²) >= 11 is 0. The van der Waals surface area contributed by atoms with E-state index in [9.17, 15) is 5.11 Å². The first-order valence-corrected chi connectivity index (χ1v) is 9.70.